The molecule has 0 saturated carbocycles. The molecule has 0 aromatic heterocycles. The zero-order valence-electron chi connectivity index (χ0n) is 6.59. The van der Waals surface area contributed by atoms with Crippen LogP contribution < -0.4 is 0 Å². The normalized spacial score (nSPS) is 15.5. The van der Waals surface area contributed by atoms with Gasteiger partial charge in [0.15, 0.2) is 0 Å². The van der Waals surface area contributed by atoms with E-state index in [0.29, 0.717) is 6.42 Å². The van der Waals surface area contributed by atoms with Crippen molar-refractivity contribution in [2.75, 3.05) is 0 Å². The highest BCUT2D eigenvalue weighted by Crippen LogP contribution is 2.15. The molecular weight excluding hydrogens is 147 g/mol. The van der Waals surface area contributed by atoms with Crippen molar-refractivity contribution < 1.29 is 14.3 Å². The molecule has 0 aromatic carbocycles. The summed E-state index contributed by atoms with van der Waals surface area (Å²) in [5, 5.41) is 8.29. The first-order valence-corrected chi connectivity index (χ1v) is 3.62. The van der Waals surface area contributed by atoms with Gasteiger partial charge in [-0.05, 0) is 6.42 Å². The first kappa shape index (κ1) is 10.1. The van der Waals surface area contributed by atoms with Crippen LogP contribution in [0.4, 0.5) is 4.39 Å². The fourth-order valence-electron chi connectivity index (χ4n) is 0.900. The number of hydrogen-bond donors (Lipinski definition) is 1. The first-order valence-electron chi connectivity index (χ1n) is 3.62. The van der Waals surface area contributed by atoms with E-state index >= 15 is 0 Å². The Hall–Kier alpha value is -0.860. The predicted molar refractivity (Wildman–Crippen MR) is 41.1 cm³/mol. The summed E-state index contributed by atoms with van der Waals surface area (Å²) in [6.07, 6.45) is 0.872. The molecule has 1 N–H and O–H groups in total. The number of carbonyl (C=O) groups is 1. The van der Waals surface area contributed by atoms with Crippen LogP contribution >= 0.6 is 0 Å². The molecule has 0 bridgehead atoms. The fraction of sp³-hybridized carbons (Fsp3) is 0.625. The van der Waals surface area contributed by atoms with Gasteiger partial charge in [-0.1, -0.05) is 19.4 Å². The minimum Gasteiger partial charge on any atom is -0.479 e. The number of halogens is 1. The average Bonchev–Trinajstić information content (AvgIpc) is 1.98. The maximum Gasteiger partial charge on any atom is 0.338 e. The molecule has 0 unspecified atom stereocenters. The fourth-order valence-corrected chi connectivity index (χ4v) is 0.900. The third-order valence-corrected chi connectivity index (χ3v) is 1.54. The molecule has 11 heavy (non-hydrogen) atoms. The van der Waals surface area contributed by atoms with Gasteiger partial charge in [0.1, 0.15) is 0 Å². The summed E-state index contributed by atoms with van der Waals surface area (Å²) in [6, 6.07) is 0. The maximum absolute atomic E-state index is 12.7. The second-order valence-corrected chi connectivity index (χ2v) is 2.43. The van der Waals surface area contributed by atoms with Crippen LogP contribution in [0.1, 0.15) is 19.8 Å². The molecule has 2 nitrogen and oxygen atoms in total. The number of hydrogen-bond acceptors (Lipinski definition) is 1. The van der Waals surface area contributed by atoms with Crippen LogP contribution in [0.15, 0.2) is 12.7 Å². The van der Waals surface area contributed by atoms with Crippen molar-refractivity contribution in [1.82, 2.24) is 0 Å². The zero-order valence-corrected chi connectivity index (χ0v) is 6.59. The summed E-state index contributed by atoms with van der Waals surface area (Å²) in [7, 11) is 0. The highest BCUT2D eigenvalue weighted by atomic mass is 19.1. The zero-order chi connectivity index (χ0) is 8.85. The van der Waals surface area contributed by atoms with Crippen molar-refractivity contribution in [2.24, 2.45) is 5.92 Å². The molecule has 0 aliphatic rings. The van der Waals surface area contributed by atoms with E-state index in [9.17, 15) is 9.18 Å². The number of rotatable bonds is 5. The van der Waals surface area contributed by atoms with Gasteiger partial charge >= 0.3 is 5.97 Å². The molecule has 0 rings (SSSR count). The largest absolute Gasteiger partial charge is 0.479 e. The SMILES string of the molecule is C=C[C@H](CCC)[C@H](F)C(=O)O. The Balaban J connectivity index is 4.01. The lowest BCUT2D eigenvalue weighted by atomic mass is 9.98. The molecule has 0 aliphatic carbocycles. The van der Waals surface area contributed by atoms with Crippen molar-refractivity contribution >= 4 is 5.97 Å². The first-order chi connectivity index (χ1) is 5.13. The molecule has 0 radical (unpaired) electrons. The Morgan fingerprint density at radius 3 is 2.64 bits per heavy atom. The van der Waals surface area contributed by atoms with Crippen LogP contribution in [0.5, 0.6) is 0 Å². The molecule has 0 saturated heterocycles. The molecular formula is C8H13FO2. The van der Waals surface area contributed by atoms with Crippen LogP contribution in [-0.2, 0) is 4.79 Å². The lowest BCUT2D eigenvalue weighted by Crippen LogP contribution is -2.23. The van der Waals surface area contributed by atoms with Crippen molar-refractivity contribution in [3.8, 4) is 0 Å². The second kappa shape index (κ2) is 4.88. The Labute approximate surface area is 65.7 Å². The van der Waals surface area contributed by atoms with Crippen molar-refractivity contribution in [3.05, 3.63) is 12.7 Å². The molecule has 0 aliphatic heterocycles. The van der Waals surface area contributed by atoms with E-state index in [2.05, 4.69) is 6.58 Å². The molecule has 64 valence electrons. The average molecular weight is 160 g/mol. The Morgan fingerprint density at radius 1 is 1.82 bits per heavy atom. The summed E-state index contributed by atoms with van der Waals surface area (Å²) in [6.45, 7) is 5.26. The number of alkyl halides is 1. The van der Waals surface area contributed by atoms with Gasteiger partial charge in [0, 0.05) is 5.92 Å². The summed E-state index contributed by atoms with van der Waals surface area (Å²) in [5.41, 5.74) is 0. The van der Waals surface area contributed by atoms with Gasteiger partial charge in [-0.3, -0.25) is 0 Å². The molecule has 3 heteroatoms. The maximum atomic E-state index is 12.7. The van der Waals surface area contributed by atoms with Crippen molar-refractivity contribution in [3.63, 3.8) is 0 Å². The van der Waals surface area contributed by atoms with Crippen molar-refractivity contribution in [1.29, 1.82) is 0 Å². The van der Waals surface area contributed by atoms with E-state index in [4.69, 9.17) is 5.11 Å². The number of carboxylic acids is 1. The Bertz CT molecular complexity index is 145. The topological polar surface area (TPSA) is 37.3 Å². The minimum atomic E-state index is -1.80. The van der Waals surface area contributed by atoms with Gasteiger partial charge in [-0.2, -0.15) is 0 Å². The standard InChI is InChI=1S/C8H13FO2/c1-3-5-6(4-2)7(9)8(10)11/h4,6-7H,2-3,5H2,1H3,(H,10,11)/t6-,7+/m1/s1. The van der Waals surface area contributed by atoms with Gasteiger partial charge in [-0.15, -0.1) is 6.58 Å². The van der Waals surface area contributed by atoms with Crippen LogP contribution in [0.25, 0.3) is 0 Å². The highest BCUT2D eigenvalue weighted by molar-refractivity contribution is 5.72. The van der Waals surface area contributed by atoms with E-state index < -0.39 is 18.1 Å². The smallest absolute Gasteiger partial charge is 0.338 e. The molecule has 0 spiro atoms. The molecule has 0 aromatic rings. The van der Waals surface area contributed by atoms with E-state index in [1.807, 2.05) is 6.92 Å². The van der Waals surface area contributed by atoms with Gasteiger partial charge in [-0.25, -0.2) is 9.18 Å². The predicted octanol–water partition coefficient (Wildman–Crippen LogP) is 2.01. The van der Waals surface area contributed by atoms with Gasteiger partial charge in [0.25, 0.3) is 0 Å². The summed E-state index contributed by atoms with van der Waals surface area (Å²) in [5.74, 6) is -1.94. The number of aliphatic carboxylic acids is 1. The van der Waals surface area contributed by atoms with E-state index in [0.717, 1.165) is 6.42 Å². The van der Waals surface area contributed by atoms with E-state index in [1.165, 1.54) is 6.08 Å². The highest BCUT2D eigenvalue weighted by Gasteiger charge is 2.23. The second-order valence-electron chi connectivity index (χ2n) is 2.43. The van der Waals surface area contributed by atoms with E-state index in [-0.39, 0.29) is 0 Å². The summed E-state index contributed by atoms with van der Waals surface area (Å²) in [4.78, 5) is 10.2. The van der Waals surface area contributed by atoms with Crippen molar-refractivity contribution in [2.45, 2.75) is 25.9 Å². The van der Waals surface area contributed by atoms with Crippen LogP contribution in [0.2, 0.25) is 0 Å². The Kier molecular flexibility index (Phi) is 4.50. The third-order valence-electron chi connectivity index (χ3n) is 1.54. The van der Waals surface area contributed by atoms with E-state index in [1.54, 1.807) is 0 Å². The lowest BCUT2D eigenvalue weighted by Gasteiger charge is -2.11. The number of carboxylic acid groups (broad SMARTS) is 1. The van der Waals surface area contributed by atoms with Gasteiger partial charge in [0.05, 0.1) is 0 Å². The summed E-state index contributed by atoms with van der Waals surface area (Å²) < 4.78 is 12.7. The minimum absolute atomic E-state index is 0.539. The quantitative estimate of drug-likeness (QED) is 0.624. The molecule has 0 amide bonds. The van der Waals surface area contributed by atoms with Gasteiger partial charge < -0.3 is 5.11 Å². The monoisotopic (exact) mass is 160 g/mol. The number of allylic oxidation sites excluding steroid dienone is 1. The van der Waals surface area contributed by atoms with Crippen LogP contribution in [-0.4, -0.2) is 17.2 Å². The van der Waals surface area contributed by atoms with Crippen LogP contribution in [0.3, 0.4) is 0 Å². The Morgan fingerprint density at radius 2 is 2.36 bits per heavy atom. The lowest BCUT2D eigenvalue weighted by molar-refractivity contribution is -0.144. The summed E-state index contributed by atoms with van der Waals surface area (Å²) >= 11 is 0. The third kappa shape index (κ3) is 3.16. The molecule has 0 heterocycles. The van der Waals surface area contributed by atoms with Gasteiger partial charge in [0.2, 0.25) is 6.17 Å². The van der Waals surface area contributed by atoms with Crippen LogP contribution in [0, 0.1) is 5.92 Å². The molecule has 2 atom stereocenters. The molecule has 0 fully saturated rings.